The second-order valence-electron chi connectivity index (χ2n) is 7.64. The van der Waals surface area contributed by atoms with Crippen molar-refractivity contribution in [2.45, 2.75) is 25.3 Å². The minimum absolute atomic E-state index is 0.0426. The first-order valence-electron chi connectivity index (χ1n) is 9.14. The lowest BCUT2D eigenvalue weighted by molar-refractivity contribution is -0.0419. The Hall–Kier alpha value is -1.17. The highest BCUT2D eigenvalue weighted by molar-refractivity contribution is 5.47. The van der Waals surface area contributed by atoms with Crippen LogP contribution in [0.15, 0.2) is 24.3 Å². The van der Waals surface area contributed by atoms with E-state index in [4.69, 9.17) is 4.74 Å². The molecule has 1 N–H and O–H groups in total. The number of nitrogens with zero attached hydrogens (tertiary/aromatic N) is 2. The number of likely N-dealkylation sites (tertiary alicyclic amines) is 1. The summed E-state index contributed by atoms with van der Waals surface area (Å²) in [5, 5.41) is 9.96. The van der Waals surface area contributed by atoms with Crippen molar-refractivity contribution in [2.24, 2.45) is 11.3 Å². The zero-order valence-corrected chi connectivity index (χ0v) is 14.2. The van der Waals surface area contributed by atoms with Crippen molar-refractivity contribution in [2.75, 3.05) is 50.9 Å². The molecule has 1 aromatic carbocycles. The van der Waals surface area contributed by atoms with Crippen LogP contribution < -0.4 is 4.90 Å². The molecule has 4 rings (SSSR count). The van der Waals surface area contributed by atoms with Gasteiger partial charge in [0.05, 0.1) is 18.9 Å². The van der Waals surface area contributed by atoms with E-state index in [1.165, 1.54) is 6.07 Å². The second-order valence-corrected chi connectivity index (χ2v) is 7.64. The molecule has 0 aliphatic carbocycles. The Morgan fingerprint density at radius 2 is 2.04 bits per heavy atom. The van der Waals surface area contributed by atoms with Crippen molar-refractivity contribution in [1.82, 2.24) is 4.90 Å². The van der Waals surface area contributed by atoms with Gasteiger partial charge in [0.1, 0.15) is 5.82 Å². The summed E-state index contributed by atoms with van der Waals surface area (Å²) in [6.07, 6.45) is 3.09. The number of aliphatic hydroxyl groups is 1. The molecule has 0 spiro atoms. The number of anilines is 1. The van der Waals surface area contributed by atoms with Crippen LogP contribution in [0.3, 0.4) is 0 Å². The summed E-state index contributed by atoms with van der Waals surface area (Å²) in [6.45, 7) is 5.64. The molecule has 3 heterocycles. The highest BCUT2D eigenvalue weighted by atomic mass is 19.1. The highest BCUT2D eigenvalue weighted by Gasteiger charge is 2.49. The Kier molecular flexibility index (Phi) is 4.50. The van der Waals surface area contributed by atoms with Crippen LogP contribution in [0.25, 0.3) is 0 Å². The molecule has 132 valence electrons. The summed E-state index contributed by atoms with van der Waals surface area (Å²) in [7, 11) is 0. The van der Waals surface area contributed by atoms with E-state index in [0.29, 0.717) is 12.0 Å². The van der Waals surface area contributed by atoms with Crippen molar-refractivity contribution in [3.05, 3.63) is 30.1 Å². The zero-order valence-electron chi connectivity index (χ0n) is 14.2. The van der Waals surface area contributed by atoms with Crippen molar-refractivity contribution < 1.29 is 14.2 Å². The van der Waals surface area contributed by atoms with E-state index >= 15 is 0 Å². The number of benzene rings is 1. The lowest BCUT2D eigenvalue weighted by Crippen LogP contribution is -2.45. The van der Waals surface area contributed by atoms with E-state index in [-0.39, 0.29) is 17.8 Å². The Labute approximate surface area is 143 Å². The Bertz CT molecular complexity index is 576. The zero-order chi connectivity index (χ0) is 16.6. The second kappa shape index (κ2) is 6.62. The monoisotopic (exact) mass is 334 g/mol. The summed E-state index contributed by atoms with van der Waals surface area (Å²) < 4.78 is 19.6. The largest absolute Gasteiger partial charge is 0.396 e. The van der Waals surface area contributed by atoms with E-state index in [2.05, 4.69) is 9.80 Å². The van der Waals surface area contributed by atoms with Crippen LogP contribution in [-0.4, -0.2) is 62.0 Å². The highest BCUT2D eigenvalue weighted by Crippen LogP contribution is 2.43. The number of hydrogen-bond acceptors (Lipinski definition) is 4. The van der Waals surface area contributed by atoms with Crippen molar-refractivity contribution in [3.8, 4) is 0 Å². The molecule has 0 amide bonds. The molecule has 3 fully saturated rings. The number of ether oxygens (including phenoxy) is 1. The van der Waals surface area contributed by atoms with Gasteiger partial charge in [0.2, 0.25) is 0 Å². The maximum atomic E-state index is 14.0. The van der Waals surface area contributed by atoms with Gasteiger partial charge >= 0.3 is 0 Å². The van der Waals surface area contributed by atoms with Crippen LogP contribution in [0, 0.1) is 17.2 Å². The number of rotatable bonds is 3. The number of fused-ring (bicyclic) bond motifs is 1. The van der Waals surface area contributed by atoms with Crippen LogP contribution in [0.5, 0.6) is 0 Å². The standard InChI is InChI=1S/C19H27FN2O2/c20-17-3-1-2-4-18(17)21-8-5-16(6-9-21)22-11-15-12-24-10-7-19(15,13-22)14-23/h1-4,15-16,23H,5-14H2/t15-,19-/m1/s1. The molecule has 3 aliphatic heterocycles. The number of para-hydroxylation sites is 1. The Morgan fingerprint density at radius 3 is 2.75 bits per heavy atom. The van der Waals surface area contributed by atoms with Gasteiger partial charge in [-0.2, -0.15) is 0 Å². The van der Waals surface area contributed by atoms with Crippen LogP contribution in [-0.2, 0) is 4.74 Å². The van der Waals surface area contributed by atoms with Crippen LogP contribution in [0.2, 0.25) is 0 Å². The summed E-state index contributed by atoms with van der Waals surface area (Å²) in [4.78, 5) is 4.73. The quantitative estimate of drug-likeness (QED) is 0.919. The van der Waals surface area contributed by atoms with Crippen molar-refractivity contribution in [3.63, 3.8) is 0 Å². The smallest absolute Gasteiger partial charge is 0.146 e. The Balaban J connectivity index is 1.39. The van der Waals surface area contributed by atoms with Gasteiger partial charge in [-0.3, -0.25) is 4.90 Å². The third kappa shape index (κ3) is 2.83. The van der Waals surface area contributed by atoms with Gasteiger partial charge in [0, 0.05) is 50.2 Å². The normalized spacial score (nSPS) is 32.1. The molecule has 1 aromatic rings. The average Bonchev–Trinajstić information content (AvgIpc) is 3.02. The Morgan fingerprint density at radius 1 is 1.25 bits per heavy atom. The number of hydrogen-bond donors (Lipinski definition) is 1. The molecule has 0 aromatic heterocycles. The lowest BCUT2D eigenvalue weighted by atomic mass is 9.75. The van der Waals surface area contributed by atoms with Gasteiger partial charge in [-0.05, 0) is 31.4 Å². The van der Waals surface area contributed by atoms with Crippen molar-refractivity contribution in [1.29, 1.82) is 0 Å². The minimum atomic E-state index is -0.125. The molecular weight excluding hydrogens is 307 g/mol. The molecule has 0 unspecified atom stereocenters. The summed E-state index contributed by atoms with van der Waals surface area (Å²) in [5.41, 5.74) is 0.771. The average molecular weight is 334 g/mol. The van der Waals surface area contributed by atoms with Crippen LogP contribution in [0.1, 0.15) is 19.3 Å². The molecule has 2 atom stereocenters. The van der Waals surface area contributed by atoms with Gasteiger partial charge in [-0.1, -0.05) is 12.1 Å². The predicted molar refractivity (Wildman–Crippen MR) is 91.7 cm³/mol. The topological polar surface area (TPSA) is 35.9 Å². The van der Waals surface area contributed by atoms with Gasteiger partial charge < -0.3 is 14.7 Å². The van der Waals surface area contributed by atoms with Gasteiger partial charge in [0.25, 0.3) is 0 Å². The van der Waals surface area contributed by atoms with Gasteiger partial charge in [0.15, 0.2) is 0 Å². The van der Waals surface area contributed by atoms with E-state index < -0.39 is 0 Å². The minimum Gasteiger partial charge on any atom is -0.396 e. The molecule has 3 aliphatic rings. The fraction of sp³-hybridized carbons (Fsp3) is 0.684. The predicted octanol–water partition coefficient (Wildman–Crippen LogP) is 2.13. The first-order chi connectivity index (χ1) is 11.7. The van der Waals surface area contributed by atoms with Crippen LogP contribution >= 0.6 is 0 Å². The maximum absolute atomic E-state index is 14.0. The molecule has 3 saturated heterocycles. The summed E-state index contributed by atoms with van der Waals surface area (Å²) >= 11 is 0. The molecule has 0 bridgehead atoms. The van der Waals surface area contributed by atoms with E-state index in [9.17, 15) is 9.50 Å². The van der Waals surface area contributed by atoms with Gasteiger partial charge in [-0.15, -0.1) is 0 Å². The third-order valence-electron chi connectivity index (χ3n) is 6.39. The summed E-state index contributed by atoms with van der Waals surface area (Å²) in [6, 6.07) is 7.60. The molecule has 5 heteroatoms. The first kappa shape index (κ1) is 16.3. The molecule has 24 heavy (non-hydrogen) atoms. The number of aliphatic hydroxyl groups excluding tert-OH is 1. The fourth-order valence-electron chi connectivity index (χ4n) is 4.80. The van der Waals surface area contributed by atoms with E-state index in [0.717, 1.165) is 64.3 Å². The number of piperidine rings is 1. The number of halogens is 1. The third-order valence-corrected chi connectivity index (χ3v) is 6.39. The molecule has 4 nitrogen and oxygen atoms in total. The van der Waals surface area contributed by atoms with Crippen molar-refractivity contribution >= 4 is 5.69 Å². The fourth-order valence-corrected chi connectivity index (χ4v) is 4.80. The van der Waals surface area contributed by atoms with E-state index in [1.807, 2.05) is 12.1 Å². The van der Waals surface area contributed by atoms with Crippen LogP contribution in [0.4, 0.5) is 10.1 Å². The maximum Gasteiger partial charge on any atom is 0.146 e. The summed E-state index contributed by atoms with van der Waals surface area (Å²) in [5.74, 6) is 0.334. The molecule has 0 radical (unpaired) electrons. The molecule has 0 saturated carbocycles. The van der Waals surface area contributed by atoms with Gasteiger partial charge in [-0.25, -0.2) is 4.39 Å². The van der Waals surface area contributed by atoms with E-state index in [1.54, 1.807) is 6.07 Å². The SMILES string of the molecule is OC[C@]12CCOC[C@H]1CN(C1CCN(c3ccccc3F)CC1)C2. The molecular formula is C19H27FN2O2. The first-order valence-corrected chi connectivity index (χ1v) is 9.14. The lowest BCUT2D eigenvalue weighted by Gasteiger charge is -2.39.